The molecular formula is C21H40N2O2. The second kappa shape index (κ2) is 9.70. The average Bonchev–Trinajstić information content (AvgIpc) is 2.59. The lowest BCUT2D eigenvalue weighted by Crippen LogP contribution is -2.49. The Bertz CT molecular complexity index is 435. The first-order chi connectivity index (χ1) is 11.6. The molecule has 4 heteroatoms. The van der Waals surface area contributed by atoms with E-state index < -0.39 is 0 Å². The topological polar surface area (TPSA) is 49.4 Å². The Morgan fingerprint density at radius 1 is 1.04 bits per heavy atom. The molecule has 1 amide bonds. The first-order valence-electron chi connectivity index (χ1n) is 10.2. The number of Topliss-reactive ketones (excluding diaryl/α,β-unsaturated/α-hetero) is 1. The van der Waals surface area contributed by atoms with Crippen LogP contribution in [0.2, 0.25) is 0 Å². The molecule has 1 aliphatic rings. The molecule has 0 aliphatic carbocycles. The molecule has 1 heterocycles. The third-order valence-electron chi connectivity index (χ3n) is 5.89. The van der Waals surface area contributed by atoms with Gasteiger partial charge in [-0.15, -0.1) is 0 Å². The summed E-state index contributed by atoms with van der Waals surface area (Å²) in [4.78, 5) is 27.2. The number of ketones is 1. The largest absolute Gasteiger partial charge is 0.342 e. The summed E-state index contributed by atoms with van der Waals surface area (Å²) >= 11 is 0. The predicted octanol–water partition coefficient (Wildman–Crippen LogP) is 4.18. The molecule has 25 heavy (non-hydrogen) atoms. The maximum Gasteiger partial charge on any atom is 0.236 e. The Hall–Kier alpha value is -0.900. The molecule has 0 unspecified atom stereocenters. The fourth-order valence-electron chi connectivity index (χ4n) is 3.44. The van der Waals surface area contributed by atoms with Crippen molar-refractivity contribution in [3.63, 3.8) is 0 Å². The van der Waals surface area contributed by atoms with Crippen LogP contribution in [0, 0.1) is 11.3 Å². The number of piperidine rings is 1. The van der Waals surface area contributed by atoms with Crippen LogP contribution in [0.1, 0.15) is 86.5 Å². The zero-order valence-corrected chi connectivity index (χ0v) is 17.4. The molecule has 146 valence electrons. The number of rotatable bonds is 10. The number of likely N-dealkylation sites (tertiary alicyclic amines) is 1. The van der Waals surface area contributed by atoms with Crippen LogP contribution >= 0.6 is 0 Å². The van der Waals surface area contributed by atoms with Crippen molar-refractivity contribution in [3.05, 3.63) is 0 Å². The fourth-order valence-corrected chi connectivity index (χ4v) is 3.44. The normalized spacial score (nSPS) is 17.0. The predicted molar refractivity (Wildman–Crippen MR) is 105 cm³/mol. The maximum absolute atomic E-state index is 12.9. The molecule has 0 atom stereocenters. The molecule has 1 aliphatic heterocycles. The van der Waals surface area contributed by atoms with Crippen molar-refractivity contribution in [3.8, 4) is 0 Å². The Morgan fingerprint density at radius 3 is 2.16 bits per heavy atom. The van der Waals surface area contributed by atoms with Crippen molar-refractivity contribution in [1.29, 1.82) is 0 Å². The minimum atomic E-state index is -0.223. The Labute approximate surface area is 155 Å². The number of carbonyl (C=O) groups is 2. The van der Waals surface area contributed by atoms with Gasteiger partial charge in [0.05, 0.1) is 6.54 Å². The lowest BCUT2D eigenvalue weighted by Gasteiger charge is -2.36. The summed E-state index contributed by atoms with van der Waals surface area (Å²) in [5.74, 6) is 0.691. The highest BCUT2D eigenvalue weighted by Crippen LogP contribution is 2.32. The lowest BCUT2D eigenvalue weighted by atomic mass is 9.74. The van der Waals surface area contributed by atoms with Gasteiger partial charge in [0.25, 0.3) is 0 Å². The number of hydrogen-bond acceptors (Lipinski definition) is 3. The van der Waals surface area contributed by atoms with E-state index in [4.69, 9.17) is 0 Å². The molecule has 0 aromatic carbocycles. The summed E-state index contributed by atoms with van der Waals surface area (Å²) in [5.41, 5.74) is -0.231. The molecule has 4 nitrogen and oxygen atoms in total. The van der Waals surface area contributed by atoms with Crippen molar-refractivity contribution in [2.24, 2.45) is 11.3 Å². The second-order valence-electron chi connectivity index (χ2n) is 8.95. The molecule has 1 fully saturated rings. The summed E-state index contributed by atoms with van der Waals surface area (Å²) in [6, 6.07) is 0. The van der Waals surface area contributed by atoms with Crippen molar-refractivity contribution < 1.29 is 9.59 Å². The molecule has 0 saturated carbocycles. The van der Waals surface area contributed by atoms with Gasteiger partial charge in [0.1, 0.15) is 5.78 Å². The van der Waals surface area contributed by atoms with E-state index >= 15 is 0 Å². The van der Waals surface area contributed by atoms with Crippen LogP contribution < -0.4 is 5.32 Å². The van der Waals surface area contributed by atoms with E-state index in [2.05, 4.69) is 46.9 Å². The molecule has 1 saturated heterocycles. The number of nitrogens with one attached hydrogen (secondary N) is 1. The standard InChI is InChI=1S/C21H40N2O2/c1-7-9-10-13-20(3,4)19(25)17-11-14-23(15-12-17)18(24)16-22-21(5,6)8-2/h17,22H,7-16H2,1-6H3. The summed E-state index contributed by atoms with van der Waals surface area (Å²) in [6.45, 7) is 14.6. The number of hydrogen-bond donors (Lipinski definition) is 1. The van der Waals surface area contributed by atoms with Gasteiger partial charge in [0.2, 0.25) is 5.91 Å². The van der Waals surface area contributed by atoms with Gasteiger partial charge < -0.3 is 10.2 Å². The van der Waals surface area contributed by atoms with E-state index in [1.54, 1.807) is 0 Å². The number of nitrogens with zero attached hydrogens (tertiary/aromatic N) is 1. The van der Waals surface area contributed by atoms with Gasteiger partial charge in [0.15, 0.2) is 0 Å². The van der Waals surface area contributed by atoms with Crippen LogP contribution in [0.4, 0.5) is 0 Å². The molecule has 0 spiro atoms. The summed E-state index contributed by atoms with van der Waals surface area (Å²) < 4.78 is 0. The monoisotopic (exact) mass is 352 g/mol. The van der Waals surface area contributed by atoms with Gasteiger partial charge >= 0.3 is 0 Å². The number of amides is 1. The van der Waals surface area contributed by atoms with Crippen molar-refractivity contribution in [1.82, 2.24) is 10.2 Å². The van der Waals surface area contributed by atoms with Crippen LogP contribution in [-0.4, -0.2) is 41.8 Å². The smallest absolute Gasteiger partial charge is 0.236 e. The van der Waals surface area contributed by atoms with E-state index in [0.29, 0.717) is 25.4 Å². The molecule has 1 rings (SSSR count). The quantitative estimate of drug-likeness (QED) is 0.600. The van der Waals surface area contributed by atoms with E-state index in [9.17, 15) is 9.59 Å². The summed E-state index contributed by atoms with van der Waals surface area (Å²) in [7, 11) is 0. The highest BCUT2D eigenvalue weighted by atomic mass is 16.2. The molecule has 1 N–H and O–H groups in total. The van der Waals surface area contributed by atoms with Crippen molar-refractivity contribution in [2.75, 3.05) is 19.6 Å². The maximum atomic E-state index is 12.9. The lowest BCUT2D eigenvalue weighted by molar-refractivity contribution is -0.138. The highest BCUT2D eigenvalue weighted by molar-refractivity contribution is 5.86. The zero-order chi connectivity index (χ0) is 19.1. The highest BCUT2D eigenvalue weighted by Gasteiger charge is 2.35. The third kappa shape index (κ3) is 7.08. The minimum Gasteiger partial charge on any atom is -0.342 e. The van der Waals surface area contributed by atoms with Gasteiger partial charge in [-0.25, -0.2) is 0 Å². The van der Waals surface area contributed by atoms with Gasteiger partial charge in [0, 0.05) is 30.0 Å². The molecule has 0 radical (unpaired) electrons. The zero-order valence-electron chi connectivity index (χ0n) is 17.4. The van der Waals surface area contributed by atoms with E-state index in [1.807, 2.05) is 4.90 Å². The first kappa shape index (κ1) is 22.1. The van der Waals surface area contributed by atoms with Crippen molar-refractivity contribution in [2.45, 2.75) is 92.0 Å². The van der Waals surface area contributed by atoms with E-state index in [-0.39, 0.29) is 22.8 Å². The number of unbranched alkanes of at least 4 members (excludes halogenated alkanes) is 2. The molecule has 0 aromatic rings. The van der Waals surface area contributed by atoms with Crippen LogP contribution in [0.15, 0.2) is 0 Å². The Morgan fingerprint density at radius 2 is 1.64 bits per heavy atom. The molecule has 0 bridgehead atoms. The van der Waals surface area contributed by atoms with Crippen LogP contribution in [0.5, 0.6) is 0 Å². The van der Waals surface area contributed by atoms with Crippen molar-refractivity contribution >= 4 is 11.7 Å². The van der Waals surface area contributed by atoms with Crippen LogP contribution in [-0.2, 0) is 9.59 Å². The van der Waals surface area contributed by atoms with Gasteiger partial charge in [-0.3, -0.25) is 9.59 Å². The van der Waals surface area contributed by atoms with Crippen LogP contribution in [0.3, 0.4) is 0 Å². The van der Waals surface area contributed by atoms with E-state index in [0.717, 1.165) is 32.1 Å². The first-order valence-corrected chi connectivity index (χ1v) is 10.2. The van der Waals surface area contributed by atoms with Gasteiger partial charge in [-0.05, 0) is 39.5 Å². The average molecular weight is 353 g/mol. The fraction of sp³-hybridized carbons (Fsp3) is 0.905. The summed E-state index contributed by atoms with van der Waals surface area (Å²) in [5, 5.41) is 3.33. The van der Waals surface area contributed by atoms with Crippen LogP contribution in [0.25, 0.3) is 0 Å². The SMILES string of the molecule is CCCCCC(C)(C)C(=O)C1CCN(C(=O)CNC(C)(C)CC)CC1. The minimum absolute atomic E-state index is 0.00748. The molecular weight excluding hydrogens is 312 g/mol. The Balaban J connectivity index is 2.44. The van der Waals surface area contributed by atoms with Gasteiger partial charge in [-0.1, -0.05) is 47.0 Å². The Kier molecular flexibility index (Phi) is 8.59. The van der Waals surface area contributed by atoms with E-state index in [1.165, 1.54) is 12.8 Å². The van der Waals surface area contributed by atoms with Gasteiger partial charge in [-0.2, -0.15) is 0 Å². The number of carbonyl (C=O) groups excluding carboxylic acids is 2. The molecule has 0 aromatic heterocycles. The second-order valence-corrected chi connectivity index (χ2v) is 8.95. The summed E-state index contributed by atoms with van der Waals surface area (Å²) in [6.07, 6.45) is 7.13. The third-order valence-corrected chi connectivity index (χ3v) is 5.89.